The smallest absolute Gasteiger partial charge is 0.161 e. The van der Waals surface area contributed by atoms with Crippen LogP contribution in [0.4, 0.5) is 0 Å². The Balaban J connectivity index is 2.34. The first-order chi connectivity index (χ1) is 10.1. The SMILES string of the molecule is COc1ccc(C(O)C2(C#N)CCCC(C)C2)cc1OC. The number of hydrogen-bond donors (Lipinski definition) is 1. The molecule has 4 nitrogen and oxygen atoms in total. The fourth-order valence-electron chi connectivity index (χ4n) is 3.34. The van der Waals surface area contributed by atoms with E-state index >= 15 is 0 Å². The number of hydrogen-bond acceptors (Lipinski definition) is 4. The summed E-state index contributed by atoms with van der Waals surface area (Å²) in [5.41, 5.74) is 0.0142. The summed E-state index contributed by atoms with van der Waals surface area (Å²) < 4.78 is 10.5. The summed E-state index contributed by atoms with van der Waals surface area (Å²) >= 11 is 0. The molecular weight excluding hydrogens is 266 g/mol. The molecule has 0 radical (unpaired) electrons. The largest absolute Gasteiger partial charge is 0.493 e. The Hall–Kier alpha value is -1.73. The van der Waals surface area contributed by atoms with Gasteiger partial charge in [-0.3, -0.25) is 0 Å². The maximum Gasteiger partial charge on any atom is 0.161 e. The van der Waals surface area contributed by atoms with Crippen LogP contribution in [0.2, 0.25) is 0 Å². The highest BCUT2D eigenvalue weighted by atomic mass is 16.5. The fourth-order valence-corrected chi connectivity index (χ4v) is 3.34. The molecule has 1 aromatic carbocycles. The number of methoxy groups -OCH3 is 2. The van der Waals surface area contributed by atoms with Gasteiger partial charge >= 0.3 is 0 Å². The van der Waals surface area contributed by atoms with Crippen LogP contribution in [-0.4, -0.2) is 19.3 Å². The molecule has 4 heteroatoms. The van der Waals surface area contributed by atoms with Crippen LogP contribution in [0.1, 0.15) is 44.3 Å². The molecule has 0 amide bonds. The number of rotatable bonds is 4. The molecule has 1 saturated carbocycles. The van der Waals surface area contributed by atoms with Gasteiger partial charge in [0.05, 0.1) is 31.8 Å². The standard InChI is InChI=1S/C17H23NO3/c1-12-5-4-8-17(10-12,11-18)16(19)13-6-7-14(20-2)15(9-13)21-3/h6-7,9,12,16,19H,4-5,8,10H2,1-3H3. The first-order valence-electron chi connectivity index (χ1n) is 7.37. The van der Waals surface area contributed by atoms with Crippen LogP contribution in [0.5, 0.6) is 11.5 Å². The van der Waals surface area contributed by atoms with Crippen molar-refractivity contribution < 1.29 is 14.6 Å². The zero-order valence-electron chi connectivity index (χ0n) is 12.9. The van der Waals surface area contributed by atoms with Gasteiger partial charge in [-0.1, -0.05) is 25.8 Å². The predicted octanol–water partition coefficient (Wildman–Crippen LogP) is 3.46. The van der Waals surface area contributed by atoms with Gasteiger partial charge in [0.15, 0.2) is 11.5 Å². The predicted molar refractivity (Wildman–Crippen MR) is 80.2 cm³/mol. The first-order valence-corrected chi connectivity index (χ1v) is 7.37. The lowest BCUT2D eigenvalue weighted by Gasteiger charge is -2.38. The van der Waals surface area contributed by atoms with Crippen LogP contribution in [0.3, 0.4) is 0 Å². The van der Waals surface area contributed by atoms with Crippen molar-refractivity contribution in [2.24, 2.45) is 11.3 Å². The summed E-state index contributed by atoms with van der Waals surface area (Å²) in [6, 6.07) is 7.74. The lowest BCUT2D eigenvalue weighted by molar-refractivity contribution is 0.0218. The Morgan fingerprint density at radius 3 is 2.62 bits per heavy atom. The fraction of sp³-hybridized carbons (Fsp3) is 0.588. The average Bonchev–Trinajstić information content (AvgIpc) is 2.53. The van der Waals surface area contributed by atoms with Crippen LogP contribution in [0, 0.1) is 22.7 Å². The molecule has 1 aromatic rings. The van der Waals surface area contributed by atoms with Crippen molar-refractivity contribution in [3.05, 3.63) is 23.8 Å². The Morgan fingerprint density at radius 2 is 2.05 bits per heavy atom. The molecule has 1 aliphatic rings. The Labute approximate surface area is 126 Å². The van der Waals surface area contributed by atoms with Gasteiger partial charge in [-0.2, -0.15) is 5.26 Å². The van der Waals surface area contributed by atoms with Crippen LogP contribution >= 0.6 is 0 Å². The second-order valence-electron chi connectivity index (χ2n) is 5.99. The summed E-state index contributed by atoms with van der Waals surface area (Å²) in [7, 11) is 3.14. The van der Waals surface area contributed by atoms with Gasteiger partial charge in [0.1, 0.15) is 0 Å². The number of nitrogens with zero attached hydrogens (tertiary/aromatic N) is 1. The van der Waals surface area contributed by atoms with Crippen LogP contribution < -0.4 is 9.47 Å². The van der Waals surface area contributed by atoms with Gasteiger partial charge in [-0.25, -0.2) is 0 Å². The molecule has 1 fully saturated rings. The summed E-state index contributed by atoms with van der Waals surface area (Å²) in [6.07, 6.45) is 2.79. The first kappa shape index (κ1) is 15.7. The van der Waals surface area contributed by atoms with Gasteiger partial charge in [0.2, 0.25) is 0 Å². The quantitative estimate of drug-likeness (QED) is 0.922. The molecule has 0 aliphatic heterocycles. The minimum absolute atomic E-state index is 0.466. The molecule has 2 rings (SSSR count). The van der Waals surface area contributed by atoms with Crippen molar-refractivity contribution in [2.45, 2.75) is 38.7 Å². The summed E-state index contributed by atoms with van der Waals surface area (Å²) in [6.45, 7) is 2.15. The minimum Gasteiger partial charge on any atom is -0.493 e. The molecule has 114 valence electrons. The Bertz CT molecular complexity index is 537. The van der Waals surface area contributed by atoms with Crippen molar-refractivity contribution in [1.29, 1.82) is 5.26 Å². The normalized spacial score (nSPS) is 26.7. The Kier molecular flexibility index (Phi) is 4.74. The highest BCUT2D eigenvalue weighted by Gasteiger charge is 2.42. The molecule has 3 atom stereocenters. The molecular formula is C17H23NO3. The number of benzene rings is 1. The van der Waals surface area contributed by atoms with E-state index in [9.17, 15) is 10.4 Å². The second kappa shape index (κ2) is 6.36. The van der Waals surface area contributed by atoms with E-state index in [1.807, 2.05) is 6.07 Å². The third kappa shape index (κ3) is 2.98. The van der Waals surface area contributed by atoms with Crippen molar-refractivity contribution in [3.8, 4) is 17.6 Å². The number of aliphatic hydroxyl groups excluding tert-OH is 1. The van der Waals surface area contributed by atoms with Crippen molar-refractivity contribution in [3.63, 3.8) is 0 Å². The molecule has 0 bridgehead atoms. The average molecular weight is 289 g/mol. The summed E-state index contributed by atoms with van der Waals surface area (Å²) in [5.74, 6) is 1.66. The van der Waals surface area contributed by atoms with E-state index in [1.165, 1.54) is 0 Å². The lowest BCUT2D eigenvalue weighted by Crippen LogP contribution is -2.32. The highest BCUT2D eigenvalue weighted by molar-refractivity contribution is 5.44. The van der Waals surface area contributed by atoms with E-state index in [4.69, 9.17) is 9.47 Å². The maximum atomic E-state index is 10.8. The molecule has 1 aliphatic carbocycles. The van der Waals surface area contributed by atoms with E-state index in [0.29, 0.717) is 23.0 Å². The van der Waals surface area contributed by atoms with Crippen molar-refractivity contribution >= 4 is 0 Å². The zero-order valence-corrected chi connectivity index (χ0v) is 12.9. The second-order valence-corrected chi connectivity index (χ2v) is 5.99. The Morgan fingerprint density at radius 1 is 1.33 bits per heavy atom. The van der Waals surface area contributed by atoms with E-state index in [2.05, 4.69) is 13.0 Å². The van der Waals surface area contributed by atoms with Gasteiger partial charge in [-0.15, -0.1) is 0 Å². The van der Waals surface area contributed by atoms with Crippen LogP contribution in [0.25, 0.3) is 0 Å². The van der Waals surface area contributed by atoms with E-state index in [-0.39, 0.29) is 0 Å². The summed E-state index contributed by atoms with van der Waals surface area (Å²) in [5, 5.41) is 20.4. The molecule has 0 aromatic heterocycles. The zero-order chi connectivity index (χ0) is 15.5. The molecule has 0 saturated heterocycles. The highest BCUT2D eigenvalue weighted by Crippen LogP contribution is 2.48. The molecule has 0 spiro atoms. The molecule has 21 heavy (non-hydrogen) atoms. The monoisotopic (exact) mass is 289 g/mol. The van der Waals surface area contributed by atoms with E-state index < -0.39 is 11.5 Å². The van der Waals surface area contributed by atoms with Gasteiger partial charge in [-0.05, 0) is 36.5 Å². The van der Waals surface area contributed by atoms with Gasteiger partial charge in [0.25, 0.3) is 0 Å². The van der Waals surface area contributed by atoms with Crippen molar-refractivity contribution in [1.82, 2.24) is 0 Å². The third-order valence-corrected chi connectivity index (χ3v) is 4.50. The van der Waals surface area contributed by atoms with Gasteiger partial charge < -0.3 is 14.6 Å². The molecule has 3 unspecified atom stereocenters. The third-order valence-electron chi connectivity index (χ3n) is 4.50. The molecule has 0 heterocycles. The number of aliphatic hydroxyl groups is 1. The minimum atomic E-state index is -0.801. The van der Waals surface area contributed by atoms with Crippen molar-refractivity contribution in [2.75, 3.05) is 14.2 Å². The van der Waals surface area contributed by atoms with Crippen LogP contribution in [-0.2, 0) is 0 Å². The maximum absolute atomic E-state index is 10.8. The number of nitriles is 1. The van der Waals surface area contributed by atoms with E-state index in [0.717, 1.165) is 25.7 Å². The lowest BCUT2D eigenvalue weighted by atomic mass is 9.66. The molecule has 1 N–H and O–H groups in total. The van der Waals surface area contributed by atoms with Gasteiger partial charge in [0, 0.05) is 0 Å². The topological polar surface area (TPSA) is 62.5 Å². The van der Waals surface area contributed by atoms with Crippen LogP contribution in [0.15, 0.2) is 18.2 Å². The number of ether oxygens (including phenoxy) is 2. The summed E-state index contributed by atoms with van der Waals surface area (Å²) in [4.78, 5) is 0. The van der Waals surface area contributed by atoms with E-state index in [1.54, 1.807) is 26.4 Å².